The van der Waals surface area contributed by atoms with Crippen molar-refractivity contribution in [3.8, 4) is 11.5 Å². The Morgan fingerprint density at radius 3 is 2.58 bits per heavy atom. The van der Waals surface area contributed by atoms with Crippen molar-refractivity contribution in [1.82, 2.24) is 5.32 Å². The molecule has 5 nitrogen and oxygen atoms in total. The molecule has 7 heteroatoms. The molecule has 0 saturated carbocycles. The fourth-order valence-corrected chi connectivity index (χ4v) is 2.67. The third kappa shape index (κ3) is 5.12. The van der Waals surface area contributed by atoms with Crippen molar-refractivity contribution in [3.05, 3.63) is 57.0 Å². The first-order valence-electron chi connectivity index (χ1n) is 7.16. The van der Waals surface area contributed by atoms with Crippen molar-refractivity contribution in [2.24, 2.45) is 0 Å². The minimum absolute atomic E-state index is 0.139. The van der Waals surface area contributed by atoms with E-state index in [9.17, 15) is 4.79 Å². The summed E-state index contributed by atoms with van der Waals surface area (Å²) in [5, 5.41) is 12.3. The van der Waals surface area contributed by atoms with E-state index in [4.69, 9.17) is 26.2 Å². The van der Waals surface area contributed by atoms with E-state index in [1.54, 1.807) is 25.3 Å². The monoisotopic (exact) mass is 413 g/mol. The molecule has 0 aromatic heterocycles. The summed E-state index contributed by atoms with van der Waals surface area (Å²) in [5.41, 5.74) is 1.76. The van der Waals surface area contributed by atoms with Crippen LogP contribution in [0.5, 0.6) is 11.5 Å². The van der Waals surface area contributed by atoms with Crippen molar-refractivity contribution < 1.29 is 19.4 Å². The van der Waals surface area contributed by atoms with Gasteiger partial charge in [0.1, 0.15) is 6.61 Å². The number of nitrogens with one attached hydrogen (secondary N) is 1. The van der Waals surface area contributed by atoms with Gasteiger partial charge >= 0.3 is 5.97 Å². The largest absolute Gasteiger partial charge is 0.493 e. The first kappa shape index (κ1) is 18.6. The highest BCUT2D eigenvalue weighted by Crippen LogP contribution is 2.36. The highest BCUT2D eigenvalue weighted by atomic mass is 79.9. The molecule has 0 spiro atoms. The molecule has 0 fully saturated rings. The number of carbonyl (C=O) groups is 1. The van der Waals surface area contributed by atoms with Crippen LogP contribution in [0.1, 0.15) is 11.1 Å². The van der Waals surface area contributed by atoms with E-state index in [2.05, 4.69) is 21.2 Å². The molecular formula is C17H17BrClNO4. The number of hydrogen-bond acceptors (Lipinski definition) is 4. The summed E-state index contributed by atoms with van der Waals surface area (Å²) < 4.78 is 12.1. The van der Waals surface area contributed by atoms with Crippen LogP contribution in [0.15, 0.2) is 40.9 Å². The van der Waals surface area contributed by atoms with E-state index < -0.39 is 5.97 Å². The molecule has 0 atom stereocenters. The molecule has 0 bridgehead atoms. The molecule has 0 amide bonds. The summed E-state index contributed by atoms with van der Waals surface area (Å²) in [4.78, 5) is 10.7. The van der Waals surface area contributed by atoms with Gasteiger partial charge in [-0.1, -0.05) is 39.7 Å². The highest BCUT2D eigenvalue weighted by Gasteiger charge is 2.15. The molecule has 0 aliphatic carbocycles. The molecule has 0 aliphatic heterocycles. The fraction of sp³-hybridized carbons (Fsp3) is 0.235. The Balaban J connectivity index is 2.19. The van der Waals surface area contributed by atoms with E-state index in [1.165, 1.54) is 0 Å². The van der Waals surface area contributed by atoms with Gasteiger partial charge in [-0.05, 0) is 29.8 Å². The first-order valence-corrected chi connectivity index (χ1v) is 8.33. The maximum atomic E-state index is 10.7. The second-order valence-corrected chi connectivity index (χ2v) is 6.26. The fourth-order valence-electron chi connectivity index (χ4n) is 2.10. The van der Waals surface area contributed by atoms with Gasteiger partial charge in [-0.15, -0.1) is 0 Å². The second-order valence-electron chi connectivity index (χ2n) is 4.97. The van der Waals surface area contributed by atoms with Gasteiger partial charge in [-0.2, -0.15) is 0 Å². The smallest absolute Gasteiger partial charge is 0.317 e. The normalized spacial score (nSPS) is 10.5. The predicted molar refractivity (Wildman–Crippen MR) is 95.8 cm³/mol. The van der Waals surface area contributed by atoms with E-state index in [1.807, 2.05) is 18.2 Å². The van der Waals surface area contributed by atoms with Gasteiger partial charge in [0.2, 0.25) is 0 Å². The number of halogens is 2. The van der Waals surface area contributed by atoms with Gasteiger partial charge in [-0.3, -0.25) is 4.79 Å². The predicted octanol–water partition coefficient (Wildman–Crippen LogP) is 3.86. The van der Waals surface area contributed by atoms with Crippen molar-refractivity contribution >= 4 is 33.5 Å². The summed E-state index contributed by atoms with van der Waals surface area (Å²) in [6.07, 6.45) is 0. The Bertz CT molecular complexity index is 706. The van der Waals surface area contributed by atoms with Crippen LogP contribution in [0.4, 0.5) is 0 Å². The molecule has 0 saturated heterocycles. The molecule has 2 aromatic carbocycles. The number of carboxylic acids is 1. The number of ether oxygens (including phenoxy) is 2. The number of methoxy groups -OCH3 is 1. The van der Waals surface area contributed by atoms with Crippen LogP contribution < -0.4 is 14.8 Å². The van der Waals surface area contributed by atoms with E-state index in [0.717, 1.165) is 15.6 Å². The summed E-state index contributed by atoms with van der Waals surface area (Å²) in [5.74, 6) is 0.233. The Labute approximate surface area is 153 Å². The lowest BCUT2D eigenvalue weighted by molar-refractivity contribution is -0.136. The summed E-state index contributed by atoms with van der Waals surface area (Å²) in [6.45, 7) is 0.538. The molecule has 0 heterocycles. The molecule has 0 unspecified atom stereocenters. The van der Waals surface area contributed by atoms with Gasteiger partial charge in [0.25, 0.3) is 0 Å². The average Bonchev–Trinajstić information content (AvgIpc) is 2.56. The Hall–Kier alpha value is -1.76. The van der Waals surface area contributed by atoms with Gasteiger partial charge in [0.05, 0.1) is 13.7 Å². The SMILES string of the molecule is COc1ccc(Br)c(CNCC(=O)O)c1OCc1ccc(Cl)cc1. The molecule has 2 rings (SSSR count). The molecule has 0 radical (unpaired) electrons. The standard InChI is InChI=1S/C17H17BrClNO4/c1-23-15-7-6-14(18)13(8-20-9-16(21)22)17(15)24-10-11-2-4-12(19)5-3-11/h2-7,20H,8-10H2,1H3,(H,21,22). The molecule has 2 aromatic rings. The number of aliphatic carboxylic acids is 1. The molecule has 2 N–H and O–H groups in total. The van der Waals surface area contributed by atoms with Crippen molar-refractivity contribution in [2.75, 3.05) is 13.7 Å². The van der Waals surface area contributed by atoms with Crippen LogP contribution in [0.3, 0.4) is 0 Å². The van der Waals surface area contributed by atoms with Crippen LogP contribution in [-0.4, -0.2) is 24.7 Å². The quantitative estimate of drug-likeness (QED) is 0.686. The van der Waals surface area contributed by atoms with Crippen LogP contribution in [0, 0.1) is 0 Å². The van der Waals surface area contributed by atoms with Gasteiger partial charge in [0, 0.05) is 21.6 Å². The Morgan fingerprint density at radius 2 is 1.96 bits per heavy atom. The van der Waals surface area contributed by atoms with E-state index >= 15 is 0 Å². The number of benzene rings is 2. The third-order valence-electron chi connectivity index (χ3n) is 3.26. The second kappa shape index (κ2) is 8.92. The summed E-state index contributed by atoms with van der Waals surface area (Å²) in [7, 11) is 1.56. The number of rotatable bonds is 8. The third-order valence-corrected chi connectivity index (χ3v) is 4.26. The van der Waals surface area contributed by atoms with Gasteiger partial charge in [-0.25, -0.2) is 0 Å². The van der Waals surface area contributed by atoms with E-state index in [-0.39, 0.29) is 6.54 Å². The number of carboxylic acid groups (broad SMARTS) is 1. The maximum absolute atomic E-state index is 10.7. The lowest BCUT2D eigenvalue weighted by atomic mass is 10.1. The van der Waals surface area contributed by atoms with Gasteiger partial charge in [0.15, 0.2) is 11.5 Å². The topological polar surface area (TPSA) is 67.8 Å². The molecular weight excluding hydrogens is 398 g/mol. The lowest BCUT2D eigenvalue weighted by Crippen LogP contribution is -2.22. The Kier molecular flexibility index (Phi) is 6.90. The zero-order chi connectivity index (χ0) is 17.5. The molecule has 0 aliphatic rings. The zero-order valence-electron chi connectivity index (χ0n) is 13.0. The lowest BCUT2D eigenvalue weighted by Gasteiger charge is -2.17. The van der Waals surface area contributed by atoms with Crippen LogP contribution in [-0.2, 0) is 17.9 Å². The minimum Gasteiger partial charge on any atom is -0.493 e. The molecule has 24 heavy (non-hydrogen) atoms. The highest BCUT2D eigenvalue weighted by molar-refractivity contribution is 9.10. The van der Waals surface area contributed by atoms with Crippen molar-refractivity contribution in [3.63, 3.8) is 0 Å². The van der Waals surface area contributed by atoms with Crippen LogP contribution >= 0.6 is 27.5 Å². The van der Waals surface area contributed by atoms with Crippen molar-refractivity contribution in [2.45, 2.75) is 13.2 Å². The zero-order valence-corrected chi connectivity index (χ0v) is 15.4. The first-order chi connectivity index (χ1) is 11.5. The summed E-state index contributed by atoms with van der Waals surface area (Å²) >= 11 is 9.36. The van der Waals surface area contributed by atoms with E-state index in [0.29, 0.717) is 29.7 Å². The van der Waals surface area contributed by atoms with Crippen LogP contribution in [0.25, 0.3) is 0 Å². The van der Waals surface area contributed by atoms with Crippen molar-refractivity contribution in [1.29, 1.82) is 0 Å². The maximum Gasteiger partial charge on any atom is 0.317 e. The van der Waals surface area contributed by atoms with Gasteiger partial charge < -0.3 is 19.9 Å². The van der Waals surface area contributed by atoms with Crippen LogP contribution in [0.2, 0.25) is 5.02 Å². The number of hydrogen-bond donors (Lipinski definition) is 2. The molecule has 128 valence electrons. The summed E-state index contributed by atoms with van der Waals surface area (Å²) in [6, 6.07) is 11.0. The average molecular weight is 415 g/mol. The Morgan fingerprint density at radius 1 is 1.25 bits per heavy atom. The minimum atomic E-state index is -0.919.